The van der Waals surface area contributed by atoms with Crippen LogP contribution in [0, 0.1) is 0 Å². The van der Waals surface area contributed by atoms with E-state index in [1.807, 2.05) is 6.07 Å². The van der Waals surface area contributed by atoms with Crippen LogP contribution in [-0.2, 0) is 9.53 Å². The lowest BCUT2D eigenvalue weighted by Crippen LogP contribution is -2.38. The number of nitrogens with zero attached hydrogens (tertiary/aromatic N) is 1. The van der Waals surface area contributed by atoms with Crippen molar-refractivity contribution in [1.29, 1.82) is 0 Å². The third kappa shape index (κ3) is 4.07. The lowest BCUT2D eigenvalue weighted by atomic mass is 9.97. The number of ether oxygens (including phenoxy) is 3. The zero-order valence-electron chi connectivity index (χ0n) is 14.7. The van der Waals surface area contributed by atoms with Crippen LogP contribution in [0.2, 0.25) is 0 Å². The van der Waals surface area contributed by atoms with Crippen LogP contribution in [0.3, 0.4) is 0 Å². The summed E-state index contributed by atoms with van der Waals surface area (Å²) < 4.78 is 16.0. The van der Waals surface area contributed by atoms with Crippen molar-refractivity contribution in [3.63, 3.8) is 0 Å². The molecule has 24 heavy (non-hydrogen) atoms. The molecule has 0 unspecified atom stereocenters. The summed E-state index contributed by atoms with van der Waals surface area (Å²) in [7, 11) is 3.09. The fourth-order valence-electron chi connectivity index (χ4n) is 2.47. The number of amides is 1. The van der Waals surface area contributed by atoms with Gasteiger partial charge in [-0.05, 0) is 44.5 Å². The number of allylic oxidation sites excluding steroid dienone is 1. The van der Waals surface area contributed by atoms with E-state index in [1.165, 1.54) is 17.2 Å². The third-order valence-corrected chi connectivity index (χ3v) is 3.55. The van der Waals surface area contributed by atoms with Crippen LogP contribution in [-0.4, -0.2) is 36.6 Å². The van der Waals surface area contributed by atoms with Crippen LogP contribution >= 0.6 is 0 Å². The van der Waals surface area contributed by atoms with Crippen molar-refractivity contribution < 1.29 is 23.8 Å². The number of ketones is 1. The van der Waals surface area contributed by atoms with Gasteiger partial charge in [0.15, 0.2) is 17.3 Å². The van der Waals surface area contributed by atoms with Gasteiger partial charge < -0.3 is 14.2 Å². The second kappa shape index (κ2) is 6.95. The summed E-state index contributed by atoms with van der Waals surface area (Å²) >= 11 is 0. The highest BCUT2D eigenvalue weighted by Gasteiger charge is 2.32. The fourth-order valence-corrected chi connectivity index (χ4v) is 2.47. The average Bonchev–Trinajstić information content (AvgIpc) is 2.52. The molecule has 1 amide bonds. The van der Waals surface area contributed by atoms with E-state index in [9.17, 15) is 9.59 Å². The Morgan fingerprint density at radius 2 is 1.83 bits per heavy atom. The first-order valence-corrected chi connectivity index (χ1v) is 7.69. The highest BCUT2D eigenvalue weighted by Crippen LogP contribution is 2.35. The zero-order chi connectivity index (χ0) is 17.9. The minimum atomic E-state index is -0.617. The summed E-state index contributed by atoms with van der Waals surface area (Å²) in [6.45, 7) is 5.40. The second-order valence-corrected chi connectivity index (χ2v) is 6.50. The minimum Gasteiger partial charge on any atom is -0.493 e. The van der Waals surface area contributed by atoms with Crippen LogP contribution in [0.15, 0.2) is 30.5 Å². The molecule has 0 fully saturated rings. The maximum absolute atomic E-state index is 12.5. The molecule has 6 heteroatoms. The molecule has 1 aromatic carbocycles. The van der Waals surface area contributed by atoms with E-state index in [2.05, 4.69) is 0 Å². The van der Waals surface area contributed by atoms with E-state index in [-0.39, 0.29) is 12.2 Å². The summed E-state index contributed by atoms with van der Waals surface area (Å²) in [5.74, 6) is 1.08. The maximum Gasteiger partial charge on any atom is 0.414 e. The lowest BCUT2D eigenvalue weighted by Gasteiger charge is -2.33. The SMILES string of the molecule is COc1ccc([C@H]2CC(=O)C=CN2C(=O)OC(C)(C)C)cc1OC. The molecule has 0 spiro atoms. The minimum absolute atomic E-state index is 0.0467. The number of carbonyl (C=O) groups excluding carboxylic acids is 2. The van der Waals surface area contributed by atoms with Gasteiger partial charge in [-0.3, -0.25) is 9.69 Å². The molecule has 1 aliphatic heterocycles. The van der Waals surface area contributed by atoms with Gasteiger partial charge in [-0.15, -0.1) is 0 Å². The van der Waals surface area contributed by atoms with Crippen molar-refractivity contribution in [3.05, 3.63) is 36.0 Å². The molecule has 0 aromatic heterocycles. The van der Waals surface area contributed by atoms with E-state index in [1.54, 1.807) is 47.1 Å². The number of hydrogen-bond acceptors (Lipinski definition) is 5. The van der Waals surface area contributed by atoms with Gasteiger partial charge >= 0.3 is 6.09 Å². The molecule has 1 atom stereocenters. The monoisotopic (exact) mass is 333 g/mol. The van der Waals surface area contributed by atoms with Crippen LogP contribution in [0.25, 0.3) is 0 Å². The predicted molar refractivity (Wildman–Crippen MR) is 89.1 cm³/mol. The molecule has 0 aliphatic carbocycles. The predicted octanol–water partition coefficient (Wildman–Crippen LogP) is 3.47. The Morgan fingerprint density at radius 3 is 2.42 bits per heavy atom. The Kier molecular flexibility index (Phi) is 5.17. The topological polar surface area (TPSA) is 65.1 Å². The molecule has 2 rings (SSSR count). The highest BCUT2D eigenvalue weighted by molar-refractivity contribution is 5.92. The Balaban J connectivity index is 2.36. The van der Waals surface area contributed by atoms with Crippen molar-refractivity contribution in [2.75, 3.05) is 14.2 Å². The van der Waals surface area contributed by atoms with Gasteiger partial charge in [0, 0.05) is 12.6 Å². The molecule has 130 valence electrons. The normalized spacial score (nSPS) is 17.6. The Hall–Kier alpha value is -2.50. The summed E-state index contributed by atoms with van der Waals surface area (Å²) in [5, 5.41) is 0. The summed E-state index contributed by atoms with van der Waals surface area (Å²) in [5.41, 5.74) is 0.158. The first-order chi connectivity index (χ1) is 11.2. The molecule has 6 nitrogen and oxygen atoms in total. The fraction of sp³-hybridized carbons (Fsp3) is 0.444. The largest absolute Gasteiger partial charge is 0.493 e. The number of methoxy groups -OCH3 is 2. The molecule has 1 heterocycles. The molecule has 1 aliphatic rings. The summed E-state index contributed by atoms with van der Waals surface area (Å²) in [4.78, 5) is 25.8. The molecule has 0 bridgehead atoms. The molecule has 0 saturated carbocycles. The maximum atomic E-state index is 12.5. The third-order valence-electron chi connectivity index (χ3n) is 3.55. The standard InChI is InChI=1S/C18H23NO5/c1-18(2,3)24-17(21)19-9-8-13(20)11-14(19)12-6-7-15(22-4)16(10-12)23-5/h6-10,14H,11H2,1-5H3/t14-/m1/s1. The molecular formula is C18H23NO5. The highest BCUT2D eigenvalue weighted by atomic mass is 16.6. The summed E-state index contributed by atoms with van der Waals surface area (Å²) in [6.07, 6.45) is 2.55. The molecular weight excluding hydrogens is 310 g/mol. The smallest absolute Gasteiger partial charge is 0.414 e. The van der Waals surface area contributed by atoms with Crippen molar-refractivity contribution in [3.8, 4) is 11.5 Å². The van der Waals surface area contributed by atoms with Crippen LogP contribution in [0.4, 0.5) is 4.79 Å². The van der Waals surface area contributed by atoms with E-state index in [0.29, 0.717) is 11.5 Å². The number of carbonyl (C=O) groups is 2. The Bertz CT molecular complexity index is 660. The van der Waals surface area contributed by atoms with Gasteiger partial charge in [0.1, 0.15) is 5.60 Å². The Labute approximate surface area is 142 Å². The van der Waals surface area contributed by atoms with Gasteiger partial charge in [-0.2, -0.15) is 0 Å². The lowest BCUT2D eigenvalue weighted by molar-refractivity contribution is -0.116. The van der Waals surface area contributed by atoms with Crippen molar-refractivity contribution in [2.45, 2.75) is 38.8 Å². The first kappa shape index (κ1) is 17.8. The van der Waals surface area contributed by atoms with Gasteiger partial charge in [0.2, 0.25) is 0 Å². The quantitative estimate of drug-likeness (QED) is 0.847. The summed E-state index contributed by atoms with van der Waals surface area (Å²) in [6, 6.07) is 4.89. The average molecular weight is 333 g/mol. The molecule has 0 N–H and O–H groups in total. The Morgan fingerprint density at radius 1 is 1.17 bits per heavy atom. The van der Waals surface area contributed by atoms with Gasteiger partial charge in [0.05, 0.1) is 20.3 Å². The number of benzene rings is 1. The molecule has 0 saturated heterocycles. The van der Waals surface area contributed by atoms with Crippen molar-refractivity contribution >= 4 is 11.9 Å². The van der Waals surface area contributed by atoms with Gasteiger partial charge in [-0.25, -0.2) is 4.79 Å². The van der Waals surface area contributed by atoms with Crippen LogP contribution in [0.1, 0.15) is 38.8 Å². The second-order valence-electron chi connectivity index (χ2n) is 6.50. The van der Waals surface area contributed by atoms with E-state index >= 15 is 0 Å². The van der Waals surface area contributed by atoms with E-state index in [0.717, 1.165) is 5.56 Å². The van der Waals surface area contributed by atoms with Gasteiger partial charge in [0.25, 0.3) is 0 Å². The number of hydrogen-bond donors (Lipinski definition) is 0. The molecule has 0 radical (unpaired) electrons. The van der Waals surface area contributed by atoms with Crippen molar-refractivity contribution in [1.82, 2.24) is 4.90 Å². The number of rotatable bonds is 3. The zero-order valence-corrected chi connectivity index (χ0v) is 14.7. The van der Waals surface area contributed by atoms with E-state index < -0.39 is 17.7 Å². The van der Waals surface area contributed by atoms with Crippen LogP contribution < -0.4 is 9.47 Å². The van der Waals surface area contributed by atoms with Gasteiger partial charge in [-0.1, -0.05) is 6.07 Å². The first-order valence-electron chi connectivity index (χ1n) is 7.69. The van der Waals surface area contributed by atoms with Crippen LogP contribution in [0.5, 0.6) is 11.5 Å². The molecule has 1 aromatic rings. The van der Waals surface area contributed by atoms with E-state index in [4.69, 9.17) is 14.2 Å². The van der Waals surface area contributed by atoms with Crippen molar-refractivity contribution in [2.24, 2.45) is 0 Å².